The molecule has 0 atom stereocenters. The Bertz CT molecular complexity index is 5700. The van der Waals surface area contributed by atoms with Crippen LogP contribution in [-0.4, -0.2) is 214 Å². The van der Waals surface area contributed by atoms with Crippen molar-refractivity contribution < 1.29 is 103 Å². The molecule has 3 aliphatic rings. The third-order valence-electron chi connectivity index (χ3n) is 22.8. The van der Waals surface area contributed by atoms with E-state index in [0.29, 0.717) is 59.5 Å². The molecule has 1 N–H and O–H groups in total. The molecule has 36 heteroatoms. The maximum Gasteiger partial charge on any atom is 1.00 e. The van der Waals surface area contributed by atoms with Gasteiger partial charge in [0.1, 0.15) is 5.78 Å². The second kappa shape index (κ2) is 55.2. The molecule has 3 saturated carbocycles. The number of hydrogen-bond acceptors (Lipinski definition) is 25. The van der Waals surface area contributed by atoms with E-state index in [2.05, 4.69) is 90.8 Å². The molecule has 15 rings (SSSR count). The maximum atomic E-state index is 13.6. The predicted molar refractivity (Wildman–Crippen MR) is 520 cm³/mol. The Morgan fingerprint density at radius 3 is 0.977 bits per heavy atom. The molecule has 0 spiro atoms. The van der Waals surface area contributed by atoms with Crippen LogP contribution >= 0.6 is 0 Å². The summed E-state index contributed by atoms with van der Waals surface area (Å²) < 4.78 is 110. The summed E-state index contributed by atoms with van der Waals surface area (Å²) in [6.07, 6.45) is 33.2. The number of carbonyl (C=O) groups excluding carboxylic acids is 4. The fourth-order valence-electron chi connectivity index (χ4n) is 16.2. The second-order valence-corrected chi connectivity index (χ2v) is 36.8. The fourth-order valence-corrected chi connectivity index (χ4v) is 20.3. The van der Waals surface area contributed by atoms with Crippen LogP contribution in [0.1, 0.15) is 204 Å². The van der Waals surface area contributed by atoms with Crippen LogP contribution in [0.4, 0.5) is 0 Å². The normalized spacial score (nSPS) is 15.5. The van der Waals surface area contributed by atoms with Gasteiger partial charge in [0.25, 0.3) is 30.1 Å². The largest absolute Gasteiger partial charge is 1.00 e. The second-order valence-electron chi connectivity index (χ2n) is 31.4. The number of rotatable bonds is 29. The number of aromatic nitrogens is 12. The van der Waals surface area contributed by atoms with E-state index >= 15 is 0 Å². The summed E-state index contributed by atoms with van der Waals surface area (Å²) in [5.74, 6) is -0.369. The van der Waals surface area contributed by atoms with Gasteiger partial charge >= 0.3 is 41.5 Å². The quantitative estimate of drug-likeness (QED) is 0.0197. The topological polar surface area (TPSA) is 352 Å². The number of ether oxygens (including phenoxy) is 3. The van der Waals surface area contributed by atoms with Gasteiger partial charge in [-0.3, -0.25) is 33.4 Å². The number of ketones is 1. The number of pyridine rings is 3. The number of nitrogens with one attached hydrogen (secondary N) is 1. The molecule has 3 radical (unpaired) electrons. The van der Waals surface area contributed by atoms with Gasteiger partial charge in [0, 0.05) is 212 Å². The average molecular weight is 1900 g/mol. The molecular formula is C97H136BN15NaO16S3. The van der Waals surface area contributed by atoms with E-state index in [4.69, 9.17) is 24.2 Å². The van der Waals surface area contributed by atoms with Gasteiger partial charge in [0.2, 0.25) is 5.97 Å². The number of carbonyl (C=O) groups is 4. The molecule has 133 heavy (non-hydrogen) atoms. The van der Waals surface area contributed by atoms with Crippen molar-refractivity contribution in [2.75, 3.05) is 78.9 Å². The molecule has 3 fully saturated rings. The summed E-state index contributed by atoms with van der Waals surface area (Å²) in [5.41, 5.74) is 9.64. The third-order valence-corrected chi connectivity index (χ3v) is 27.8. The standard InChI is InChI=1S/2C29H37N5O3S.C23H22N4O3S.C6H15NO.C4H6O4.C2H3BO2.4CH4.Na/c2*1-4-33(15-16-37-5-2)25-13-11-22(12-14-25)23-17-27-28(24-19-31-32(3)20-24)21-34(29(27)30-18-23)38(35,36)26-9-7-6-8-10-26;1-26-14-18(13-25-26)22-15-27(31(29,30)20-5-3-2-4-6-20)23-21(22)11-17(12-24-23)16-7-9-19(28)10-8-16;1-3-7-5-6-8-4-2;1-3(5)7-8-4(2)6;1-2(4)5-3;;;;;/h2*6-10,17-22,25H,4-5,11-16H2,1-3H3;2-6,11-16H,7-10H2,1H3;7H,3-6H2,1-2H3;1-2H3;1H3;4*1H4;/q;;;;;-1;;;;;+1. The minimum atomic E-state index is -3.81. The number of aryl methyl sites for hydroxylation is 3. The average Bonchev–Trinajstić information content (AvgIpc) is 1.61. The maximum absolute atomic E-state index is 13.6. The smallest absolute Gasteiger partial charge is 0.793 e. The van der Waals surface area contributed by atoms with Gasteiger partial charge < -0.3 is 32.2 Å². The summed E-state index contributed by atoms with van der Waals surface area (Å²) in [6.45, 7) is 26.9. The molecule has 717 valence electrons. The first-order valence-electron chi connectivity index (χ1n) is 43.7. The van der Waals surface area contributed by atoms with E-state index < -0.39 is 48.0 Å². The van der Waals surface area contributed by atoms with E-state index in [-0.39, 0.29) is 79.9 Å². The summed E-state index contributed by atoms with van der Waals surface area (Å²) >= 11 is 0. The molecule has 0 aliphatic heterocycles. The summed E-state index contributed by atoms with van der Waals surface area (Å²) in [4.78, 5) is 68.3. The van der Waals surface area contributed by atoms with Crippen molar-refractivity contribution in [3.63, 3.8) is 0 Å². The van der Waals surface area contributed by atoms with Gasteiger partial charge in [-0.15, -0.1) is 0 Å². The van der Waals surface area contributed by atoms with Crippen LogP contribution in [-0.2, 0) is 99.0 Å². The van der Waals surface area contributed by atoms with Crippen molar-refractivity contribution in [2.45, 2.75) is 214 Å². The molecule has 31 nitrogen and oxygen atoms in total. The first kappa shape index (κ1) is 114. The van der Waals surface area contributed by atoms with Crippen LogP contribution in [0.15, 0.2) is 198 Å². The summed E-state index contributed by atoms with van der Waals surface area (Å²) in [6, 6.07) is 32.9. The predicted octanol–water partition coefficient (Wildman–Crippen LogP) is 13.9. The van der Waals surface area contributed by atoms with Crippen LogP contribution in [0.25, 0.3) is 66.5 Å². The van der Waals surface area contributed by atoms with Crippen molar-refractivity contribution in [1.29, 1.82) is 0 Å². The first-order chi connectivity index (χ1) is 61.6. The molecule has 9 aromatic heterocycles. The SMILES string of the molecule is C.C.C.C.CC(=O)OOC(C)=O.CCNCCOCC.CCOCCN(CC)C1CCC(c2cnc3c(c2)c(-c2cnn(C)c2)cn3S(=O)(=O)c2ccccc2)CC1.CCOCCN(CC)C1CCC(c2cnc3c(c2)c(-c2cnn(C)c2)cn3S(=O)(=O)c2ccccc2)CC1.Cn1cc(-c2cn(S(=O)(=O)c3ccccc3)c3ncc(C4CCC(=O)CC4)cc23)cn1.[B-]OC(C)=O.[Na+]. The van der Waals surface area contributed by atoms with Crippen LogP contribution < -0.4 is 34.9 Å². The number of benzene rings is 3. The number of nitrogens with zero attached hydrogens (tertiary/aromatic N) is 14. The molecule has 0 saturated heterocycles. The first-order valence-corrected chi connectivity index (χ1v) is 48.0. The zero-order valence-electron chi connectivity index (χ0n) is 76.3. The van der Waals surface area contributed by atoms with Gasteiger partial charge in [-0.25, -0.2) is 71.5 Å². The van der Waals surface area contributed by atoms with Crippen LogP contribution in [0, 0.1) is 0 Å². The molecular weight excluding hydrogens is 1760 g/mol. The Labute approximate surface area is 810 Å². The number of Topliss-reactive ketones (excluding diaryl/α,β-unsaturated/α-hetero) is 1. The van der Waals surface area contributed by atoms with Crippen LogP contribution in [0.3, 0.4) is 0 Å². The summed E-state index contributed by atoms with van der Waals surface area (Å²) in [7, 11) is -1.54. The Balaban J connectivity index is 0.000000313. The molecule has 3 aliphatic carbocycles. The van der Waals surface area contributed by atoms with E-state index in [1.54, 1.807) is 136 Å². The zero-order valence-corrected chi connectivity index (χ0v) is 80.7. The van der Waals surface area contributed by atoms with Crippen LogP contribution in [0.5, 0.6) is 0 Å². The van der Waals surface area contributed by atoms with Crippen molar-refractivity contribution in [1.82, 2.24) is 71.3 Å². The van der Waals surface area contributed by atoms with E-state index in [1.165, 1.54) is 30.0 Å². The number of hydrogen-bond donors (Lipinski definition) is 1. The van der Waals surface area contributed by atoms with Crippen molar-refractivity contribution in [2.24, 2.45) is 21.1 Å². The van der Waals surface area contributed by atoms with E-state index in [1.807, 2.05) is 91.1 Å². The van der Waals surface area contributed by atoms with Gasteiger partial charge in [-0.1, -0.05) is 105 Å². The van der Waals surface area contributed by atoms with Crippen molar-refractivity contribution >= 4 is 94.9 Å². The van der Waals surface area contributed by atoms with Gasteiger partial charge in [-0.2, -0.15) is 15.3 Å². The van der Waals surface area contributed by atoms with Gasteiger partial charge in [-0.05, 0) is 194 Å². The third kappa shape index (κ3) is 30.6. The minimum absolute atomic E-state index is 0. The molecule has 0 bridgehead atoms. The number of likely N-dealkylation sites (N-methyl/N-ethyl adjacent to an activating group) is 3. The molecule has 12 aromatic rings. The Kier molecular flexibility index (Phi) is 47.2. The fraction of sp³-hybridized carbons (Fsp3) is 0.464. The Hall–Kier alpha value is -9.89. The van der Waals surface area contributed by atoms with Crippen molar-refractivity contribution in [3.05, 3.63) is 200 Å². The minimum Gasteiger partial charge on any atom is -0.793 e. The van der Waals surface area contributed by atoms with E-state index in [0.717, 1.165) is 212 Å². The monoisotopic (exact) mass is 1900 g/mol. The molecule has 0 unspecified atom stereocenters. The Morgan fingerprint density at radius 1 is 0.429 bits per heavy atom. The van der Waals surface area contributed by atoms with Gasteiger partial charge in [0.05, 0.1) is 53.1 Å². The summed E-state index contributed by atoms with van der Waals surface area (Å²) in [5, 5.41) is 18.5. The number of fused-ring (bicyclic) bond motifs is 3. The zero-order chi connectivity index (χ0) is 92.1. The van der Waals surface area contributed by atoms with Crippen molar-refractivity contribution in [3.8, 4) is 33.4 Å². The molecule has 0 amide bonds. The molecule has 3 aromatic carbocycles. The van der Waals surface area contributed by atoms with Gasteiger partial charge in [0.15, 0.2) is 16.9 Å². The Morgan fingerprint density at radius 2 is 0.722 bits per heavy atom. The van der Waals surface area contributed by atoms with Crippen LogP contribution in [0.2, 0.25) is 0 Å². The van der Waals surface area contributed by atoms with E-state index in [9.17, 15) is 44.4 Å². The molecule has 9 heterocycles.